The fourth-order valence-electron chi connectivity index (χ4n) is 2.88. The first-order valence-corrected chi connectivity index (χ1v) is 6.13. The molecule has 2 nitrogen and oxygen atoms in total. The van der Waals surface area contributed by atoms with Gasteiger partial charge >= 0.3 is 0 Å². The Balaban J connectivity index is 2.02. The molecule has 0 spiro atoms. The smallest absolute Gasteiger partial charge is 0.119 e. The van der Waals surface area contributed by atoms with Crippen molar-refractivity contribution in [3.8, 4) is 17.0 Å². The molecule has 4 rings (SSSR count). The highest BCUT2D eigenvalue weighted by Crippen LogP contribution is 2.40. The van der Waals surface area contributed by atoms with Gasteiger partial charge in [0, 0.05) is 22.9 Å². The topological polar surface area (TPSA) is 25.0 Å². The Morgan fingerprint density at radius 2 is 2.00 bits per heavy atom. The standard InChI is InChI=1S/C16H13NO/c1-18-11-6-7-15-13(9-11)14-8-10-4-2-3-5-12(10)16(14)17-15/h2-7,9,17H,8H2,1H3. The molecule has 0 saturated carbocycles. The molecule has 1 aromatic heterocycles. The number of nitrogens with one attached hydrogen (secondary N) is 1. The maximum atomic E-state index is 5.31. The lowest BCUT2D eigenvalue weighted by Gasteiger charge is -2.01. The summed E-state index contributed by atoms with van der Waals surface area (Å²) >= 11 is 0. The van der Waals surface area contributed by atoms with E-state index < -0.39 is 0 Å². The van der Waals surface area contributed by atoms with E-state index in [1.807, 2.05) is 6.07 Å². The zero-order valence-electron chi connectivity index (χ0n) is 10.2. The Morgan fingerprint density at radius 3 is 2.89 bits per heavy atom. The number of fused-ring (bicyclic) bond motifs is 5. The minimum atomic E-state index is 0.917. The fourth-order valence-corrected chi connectivity index (χ4v) is 2.88. The molecule has 3 aromatic rings. The predicted molar refractivity (Wildman–Crippen MR) is 73.1 cm³/mol. The van der Waals surface area contributed by atoms with E-state index >= 15 is 0 Å². The summed E-state index contributed by atoms with van der Waals surface area (Å²) in [5, 5.41) is 1.28. The first kappa shape index (κ1) is 9.77. The highest BCUT2D eigenvalue weighted by Gasteiger charge is 2.22. The van der Waals surface area contributed by atoms with Crippen molar-refractivity contribution in [3.63, 3.8) is 0 Å². The van der Waals surface area contributed by atoms with Crippen LogP contribution in [0, 0.1) is 0 Å². The van der Waals surface area contributed by atoms with Crippen LogP contribution in [0.15, 0.2) is 42.5 Å². The lowest BCUT2D eigenvalue weighted by atomic mass is 10.1. The number of rotatable bonds is 1. The largest absolute Gasteiger partial charge is 0.497 e. The third-order valence-corrected chi connectivity index (χ3v) is 3.77. The highest BCUT2D eigenvalue weighted by molar-refractivity contribution is 5.95. The van der Waals surface area contributed by atoms with Crippen LogP contribution in [0.25, 0.3) is 22.2 Å². The van der Waals surface area contributed by atoms with Crippen molar-refractivity contribution in [1.82, 2.24) is 4.98 Å². The maximum Gasteiger partial charge on any atom is 0.119 e. The normalized spacial score (nSPS) is 12.5. The summed E-state index contributed by atoms with van der Waals surface area (Å²) < 4.78 is 5.31. The number of hydrogen-bond acceptors (Lipinski definition) is 1. The molecule has 0 unspecified atom stereocenters. The van der Waals surface area contributed by atoms with Crippen LogP contribution < -0.4 is 4.74 Å². The third kappa shape index (κ3) is 1.17. The van der Waals surface area contributed by atoms with Gasteiger partial charge in [0.05, 0.1) is 12.8 Å². The van der Waals surface area contributed by atoms with Gasteiger partial charge in [0.15, 0.2) is 0 Å². The summed E-state index contributed by atoms with van der Waals surface area (Å²) in [6, 6.07) is 14.8. The Kier molecular flexibility index (Phi) is 1.84. The summed E-state index contributed by atoms with van der Waals surface area (Å²) in [6.45, 7) is 0. The Labute approximate surface area is 105 Å². The molecule has 0 fully saturated rings. The van der Waals surface area contributed by atoms with Crippen LogP contribution >= 0.6 is 0 Å². The molecule has 88 valence electrons. The molecular weight excluding hydrogens is 222 g/mol. The van der Waals surface area contributed by atoms with E-state index in [0.29, 0.717) is 0 Å². The number of benzene rings is 2. The highest BCUT2D eigenvalue weighted by atomic mass is 16.5. The van der Waals surface area contributed by atoms with Crippen molar-refractivity contribution >= 4 is 10.9 Å². The molecule has 2 aromatic carbocycles. The number of methoxy groups -OCH3 is 1. The molecule has 0 radical (unpaired) electrons. The lowest BCUT2D eigenvalue weighted by Crippen LogP contribution is -1.84. The first-order valence-electron chi connectivity index (χ1n) is 6.13. The molecule has 1 aliphatic carbocycles. The van der Waals surface area contributed by atoms with Gasteiger partial charge in [-0.05, 0) is 29.3 Å². The molecule has 18 heavy (non-hydrogen) atoms. The summed E-state index contributed by atoms with van der Waals surface area (Å²) in [5.74, 6) is 0.917. The minimum absolute atomic E-state index is 0.917. The van der Waals surface area contributed by atoms with E-state index in [1.54, 1.807) is 7.11 Å². The fraction of sp³-hybridized carbons (Fsp3) is 0.125. The van der Waals surface area contributed by atoms with Crippen LogP contribution in [0.2, 0.25) is 0 Å². The van der Waals surface area contributed by atoms with Gasteiger partial charge in [-0.2, -0.15) is 0 Å². The van der Waals surface area contributed by atoms with E-state index in [0.717, 1.165) is 12.2 Å². The molecule has 0 atom stereocenters. The average molecular weight is 235 g/mol. The number of ether oxygens (including phenoxy) is 1. The minimum Gasteiger partial charge on any atom is -0.497 e. The zero-order valence-corrected chi connectivity index (χ0v) is 10.2. The van der Waals surface area contributed by atoms with Crippen molar-refractivity contribution < 1.29 is 4.74 Å². The second-order valence-electron chi connectivity index (χ2n) is 4.72. The second kappa shape index (κ2) is 3.39. The molecular formula is C16H13NO. The van der Waals surface area contributed by atoms with Crippen LogP contribution in [0.1, 0.15) is 11.1 Å². The number of aromatic nitrogens is 1. The average Bonchev–Trinajstić information content (AvgIpc) is 2.94. The van der Waals surface area contributed by atoms with Crippen LogP contribution in [0.5, 0.6) is 5.75 Å². The van der Waals surface area contributed by atoms with E-state index in [-0.39, 0.29) is 0 Å². The van der Waals surface area contributed by atoms with Gasteiger partial charge in [-0.15, -0.1) is 0 Å². The summed E-state index contributed by atoms with van der Waals surface area (Å²) in [7, 11) is 1.71. The Bertz CT molecular complexity index is 755. The van der Waals surface area contributed by atoms with E-state index in [9.17, 15) is 0 Å². The monoisotopic (exact) mass is 235 g/mol. The van der Waals surface area contributed by atoms with Crippen molar-refractivity contribution in [2.75, 3.05) is 7.11 Å². The van der Waals surface area contributed by atoms with E-state index in [4.69, 9.17) is 4.74 Å². The third-order valence-electron chi connectivity index (χ3n) is 3.77. The van der Waals surface area contributed by atoms with Gasteiger partial charge in [0.1, 0.15) is 5.75 Å². The summed E-state index contributed by atoms with van der Waals surface area (Å²) in [5.41, 5.74) is 6.60. The van der Waals surface area contributed by atoms with Crippen LogP contribution in [-0.2, 0) is 6.42 Å². The van der Waals surface area contributed by atoms with E-state index in [2.05, 4.69) is 41.4 Å². The van der Waals surface area contributed by atoms with Crippen molar-refractivity contribution in [3.05, 3.63) is 53.6 Å². The summed E-state index contributed by atoms with van der Waals surface area (Å²) in [4.78, 5) is 3.53. The number of H-pyrrole nitrogens is 1. The van der Waals surface area contributed by atoms with Gasteiger partial charge in [-0.3, -0.25) is 0 Å². The summed E-state index contributed by atoms with van der Waals surface area (Å²) in [6.07, 6.45) is 1.01. The van der Waals surface area contributed by atoms with Crippen LogP contribution in [0.3, 0.4) is 0 Å². The molecule has 0 amide bonds. The van der Waals surface area contributed by atoms with Crippen molar-refractivity contribution in [2.24, 2.45) is 0 Å². The van der Waals surface area contributed by atoms with Crippen LogP contribution in [-0.4, -0.2) is 12.1 Å². The van der Waals surface area contributed by atoms with Gasteiger partial charge in [-0.1, -0.05) is 24.3 Å². The van der Waals surface area contributed by atoms with Gasteiger partial charge in [0.2, 0.25) is 0 Å². The number of aromatic amines is 1. The lowest BCUT2D eigenvalue weighted by molar-refractivity contribution is 0.415. The van der Waals surface area contributed by atoms with Crippen molar-refractivity contribution in [2.45, 2.75) is 6.42 Å². The van der Waals surface area contributed by atoms with Crippen molar-refractivity contribution in [1.29, 1.82) is 0 Å². The SMILES string of the molecule is COc1ccc2[nH]c3c(c2c1)Cc1ccccc1-3. The second-order valence-corrected chi connectivity index (χ2v) is 4.72. The molecule has 1 heterocycles. The van der Waals surface area contributed by atoms with Gasteiger partial charge in [0.25, 0.3) is 0 Å². The molecule has 1 aliphatic rings. The van der Waals surface area contributed by atoms with Crippen LogP contribution in [0.4, 0.5) is 0 Å². The number of hydrogen-bond donors (Lipinski definition) is 1. The molecule has 0 bridgehead atoms. The first-order chi connectivity index (χ1) is 8.86. The quantitative estimate of drug-likeness (QED) is 0.534. The van der Waals surface area contributed by atoms with Gasteiger partial charge < -0.3 is 9.72 Å². The predicted octanol–water partition coefficient (Wildman–Crippen LogP) is 3.75. The Hall–Kier alpha value is -2.22. The molecule has 0 aliphatic heterocycles. The molecule has 1 N–H and O–H groups in total. The molecule has 2 heteroatoms. The molecule has 0 saturated heterocycles. The zero-order chi connectivity index (χ0) is 12.1. The maximum absolute atomic E-state index is 5.31. The van der Waals surface area contributed by atoms with Gasteiger partial charge in [-0.25, -0.2) is 0 Å². The Morgan fingerprint density at radius 1 is 1.11 bits per heavy atom. The van der Waals surface area contributed by atoms with E-state index in [1.165, 1.54) is 33.3 Å².